The first kappa shape index (κ1) is 18.9. The molecule has 1 aromatic carbocycles. The van der Waals surface area contributed by atoms with Crippen LogP contribution in [0.25, 0.3) is 0 Å². The number of rotatable bonds is 6. The fourth-order valence-corrected chi connectivity index (χ4v) is 5.20. The summed E-state index contributed by atoms with van der Waals surface area (Å²) in [7, 11) is -3.66. The second-order valence-corrected chi connectivity index (χ2v) is 8.99. The molecular weight excluding hydrogens is 364 g/mol. The predicted molar refractivity (Wildman–Crippen MR) is 96.5 cm³/mol. The molecule has 1 aromatic rings. The third kappa shape index (κ3) is 4.46. The van der Waals surface area contributed by atoms with Crippen molar-refractivity contribution in [2.45, 2.75) is 36.7 Å². The first-order chi connectivity index (χ1) is 12.0. The Hall–Kier alpha value is -0.860. The van der Waals surface area contributed by atoms with Gasteiger partial charge >= 0.3 is 0 Å². The van der Waals surface area contributed by atoms with Crippen molar-refractivity contribution in [1.29, 1.82) is 0 Å². The molecule has 2 heterocycles. The number of hydrogen-bond donors (Lipinski definition) is 1. The van der Waals surface area contributed by atoms with E-state index in [-0.39, 0.29) is 16.9 Å². The van der Waals surface area contributed by atoms with Crippen LogP contribution in [-0.4, -0.2) is 51.7 Å². The summed E-state index contributed by atoms with van der Waals surface area (Å²) < 4.78 is 39.0. The molecule has 2 unspecified atom stereocenters. The van der Waals surface area contributed by atoms with Crippen LogP contribution in [0.5, 0.6) is 5.75 Å². The Morgan fingerprint density at radius 2 is 2.16 bits per heavy atom. The topological polar surface area (TPSA) is 81.9 Å². The Labute approximate surface area is 154 Å². The molecule has 2 aliphatic heterocycles. The molecule has 2 saturated heterocycles. The van der Waals surface area contributed by atoms with Crippen molar-refractivity contribution >= 4 is 21.6 Å². The third-order valence-electron chi connectivity index (χ3n) is 4.80. The maximum atomic E-state index is 13.0. The monoisotopic (exact) mass is 388 g/mol. The lowest BCUT2D eigenvalue weighted by atomic mass is 10.1. The molecule has 0 saturated carbocycles. The van der Waals surface area contributed by atoms with Crippen LogP contribution in [0, 0.1) is 5.92 Å². The first-order valence-corrected chi connectivity index (χ1v) is 10.6. The Balaban J connectivity index is 1.78. The Bertz CT molecular complexity index is 692. The highest BCUT2D eigenvalue weighted by atomic mass is 35.5. The van der Waals surface area contributed by atoms with E-state index < -0.39 is 10.0 Å². The Kier molecular flexibility index (Phi) is 6.22. The zero-order valence-electron chi connectivity index (χ0n) is 14.2. The van der Waals surface area contributed by atoms with Crippen LogP contribution in [0.4, 0.5) is 0 Å². The van der Waals surface area contributed by atoms with E-state index in [1.165, 1.54) is 10.4 Å². The van der Waals surface area contributed by atoms with Gasteiger partial charge in [0.05, 0.1) is 6.10 Å². The number of nitrogens with two attached hydrogens (primary N) is 1. The quantitative estimate of drug-likeness (QED) is 0.808. The molecule has 0 radical (unpaired) electrons. The first-order valence-electron chi connectivity index (χ1n) is 8.75. The summed E-state index contributed by atoms with van der Waals surface area (Å²) in [6.07, 6.45) is 3.89. The summed E-state index contributed by atoms with van der Waals surface area (Å²) in [5, 5.41) is 0.370. The Morgan fingerprint density at radius 1 is 1.32 bits per heavy atom. The minimum atomic E-state index is -3.66. The number of hydrogen-bond acceptors (Lipinski definition) is 5. The summed E-state index contributed by atoms with van der Waals surface area (Å²) >= 11 is 6.05. The molecule has 0 spiro atoms. The maximum Gasteiger partial charge on any atom is 0.246 e. The fourth-order valence-electron chi connectivity index (χ4n) is 3.27. The van der Waals surface area contributed by atoms with E-state index in [1.807, 2.05) is 0 Å². The molecule has 0 aliphatic carbocycles. The van der Waals surface area contributed by atoms with E-state index in [4.69, 9.17) is 26.8 Å². The molecule has 140 valence electrons. The summed E-state index contributed by atoms with van der Waals surface area (Å²) in [5.74, 6) is 0.531. The number of sulfonamides is 1. The second-order valence-electron chi connectivity index (χ2n) is 6.64. The summed E-state index contributed by atoms with van der Waals surface area (Å²) in [6.45, 7) is 2.48. The van der Waals surface area contributed by atoms with Gasteiger partial charge in [-0.1, -0.05) is 11.6 Å². The minimum absolute atomic E-state index is 0.00777. The normalized spacial score (nSPS) is 25.2. The van der Waals surface area contributed by atoms with Crippen molar-refractivity contribution in [3.05, 3.63) is 23.2 Å². The SMILES string of the molecule is NCC1CCN(S(=O)(=O)c2cc(Cl)ccc2OCC2CCCCO2)C1. The molecule has 2 atom stereocenters. The molecule has 8 heteroatoms. The molecule has 6 nitrogen and oxygen atoms in total. The van der Waals surface area contributed by atoms with Gasteiger partial charge < -0.3 is 15.2 Å². The molecule has 0 aromatic heterocycles. The van der Waals surface area contributed by atoms with Gasteiger partial charge in [-0.15, -0.1) is 0 Å². The van der Waals surface area contributed by atoms with Crippen LogP contribution in [-0.2, 0) is 14.8 Å². The molecule has 25 heavy (non-hydrogen) atoms. The Morgan fingerprint density at radius 3 is 2.84 bits per heavy atom. The van der Waals surface area contributed by atoms with Gasteiger partial charge in [-0.05, 0) is 56.3 Å². The van der Waals surface area contributed by atoms with Gasteiger partial charge in [0.1, 0.15) is 17.3 Å². The van der Waals surface area contributed by atoms with Crippen molar-refractivity contribution in [1.82, 2.24) is 4.31 Å². The lowest BCUT2D eigenvalue weighted by Crippen LogP contribution is -2.31. The van der Waals surface area contributed by atoms with Crippen LogP contribution >= 0.6 is 11.6 Å². The van der Waals surface area contributed by atoms with Gasteiger partial charge in [0, 0.05) is 24.7 Å². The van der Waals surface area contributed by atoms with Crippen molar-refractivity contribution in [3.63, 3.8) is 0 Å². The smallest absolute Gasteiger partial charge is 0.246 e. The largest absolute Gasteiger partial charge is 0.489 e. The molecule has 0 bridgehead atoms. The summed E-state index contributed by atoms with van der Waals surface area (Å²) in [5.41, 5.74) is 5.68. The van der Waals surface area contributed by atoms with Crippen molar-refractivity contribution < 1.29 is 17.9 Å². The van der Waals surface area contributed by atoms with Crippen LogP contribution in [0.2, 0.25) is 5.02 Å². The van der Waals surface area contributed by atoms with Crippen molar-refractivity contribution in [3.8, 4) is 5.75 Å². The fraction of sp³-hybridized carbons (Fsp3) is 0.647. The van der Waals surface area contributed by atoms with Gasteiger partial charge in [-0.2, -0.15) is 4.31 Å². The lowest BCUT2D eigenvalue weighted by Gasteiger charge is -2.24. The molecule has 3 rings (SSSR count). The van der Waals surface area contributed by atoms with E-state index in [2.05, 4.69) is 0 Å². The predicted octanol–water partition coefficient (Wildman–Crippen LogP) is 2.26. The molecule has 0 amide bonds. The van der Waals surface area contributed by atoms with Crippen LogP contribution in [0.1, 0.15) is 25.7 Å². The highest BCUT2D eigenvalue weighted by Gasteiger charge is 2.34. The minimum Gasteiger partial charge on any atom is -0.489 e. The number of nitrogens with zero attached hydrogens (tertiary/aromatic N) is 1. The van der Waals surface area contributed by atoms with Crippen molar-refractivity contribution in [2.75, 3.05) is 32.8 Å². The standard InChI is InChI=1S/C17H25ClN2O4S/c18-14-4-5-16(24-12-15-3-1-2-8-23-15)17(9-14)25(21,22)20-7-6-13(10-19)11-20/h4-5,9,13,15H,1-3,6-8,10-12,19H2. The van der Waals surface area contributed by atoms with E-state index in [9.17, 15) is 8.42 Å². The number of ether oxygens (including phenoxy) is 2. The second kappa shape index (κ2) is 8.22. The maximum absolute atomic E-state index is 13.0. The van der Waals surface area contributed by atoms with Crippen LogP contribution < -0.4 is 10.5 Å². The van der Waals surface area contributed by atoms with Gasteiger partial charge in [-0.3, -0.25) is 0 Å². The van der Waals surface area contributed by atoms with Gasteiger partial charge in [-0.25, -0.2) is 8.42 Å². The van der Waals surface area contributed by atoms with E-state index in [0.29, 0.717) is 37.0 Å². The third-order valence-corrected chi connectivity index (χ3v) is 6.93. The zero-order chi connectivity index (χ0) is 17.9. The van der Waals surface area contributed by atoms with Crippen molar-refractivity contribution in [2.24, 2.45) is 11.7 Å². The van der Waals surface area contributed by atoms with E-state index in [1.54, 1.807) is 12.1 Å². The lowest BCUT2D eigenvalue weighted by molar-refractivity contribution is -0.0116. The number of benzene rings is 1. The molecule has 2 fully saturated rings. The molecule has 2 aliphatic rings. The van der Waals surface area contributed by atoms with Gasteiger partial charge in [0.25, 0.3) is 0 Å². The zero-order valence-corrected chi connectivity index (χ0v) is 15.8. The van der Waals surface area contributed by atoms with Crippen LogP contribution in [0.15, 0.2) is 23.1 Å². The van der Waals surface area contributed by atoms with E-state index >= 15 is 0 Å². The molecular formula is C17H25ClN2O4S. The average Bonchev–Trinajstić information content (AvgIpc) is 3.11. The number of halogens is 1. The van der Waals surface area contributed by atoms with E-state index in [0.717, 1.165) is 32.3 Å². The molecule has 2 N–H and O–H groups in total. The highest BCUT2D eigenvalue weighted by molar-refractivity contribution is 7.89. The summed E-state index contributed by atoms with van der Waals surface area (Å²) in [4.78, 5) is 0.119. The van der Waals surface area contributed by atoms with Gasteiger partial charge in [0.2, 0.25) is 10.0 Å². The van der Waals surface area contributed by atoms with Gasteiger partial charge in [0.15, 0.2) is 0 Å². The highest BCUT2D eigenvalue weighted by Crippen LogP contribution is 2.32. The summed E-state index contributed by atoms with van der Waals surface area (Å²) in [6, 6.07) is 4.72. The van der Waals surface area contributed by atoms with Crippen LogP contribution in [0.3, 0.4) is 0 Å². The average molecular weight is 389 g/mol.